The van der Waals surface area contributed by atoms with Crippen molar-refractivity contribution < 1.29 is 0 Å². The highest BCUT2D eigenvalue weighted by atomic mass is 32.1. The summed E-state index contributed by atoms with van der Waals surface area (Å²) in [5.74, 6) is 1.53. The number of allylic oxidation sites excluding steroid dienone is 2. The molecule has 0 aromatic carbocycles. The molecule has 0 saturated heterocycles. The van der Waals surface area contributed by atoms with E-state index in [1.807, 2.05) is 0 Å². The molecule has 2 rings (SSSR count). The van der Waals surface area contributed by atoms with E-state index in [4.69, 9.17) is 18.0 Å². The summed E-state index contributed by atoms with van der Waals surface area (Å²) >= 11 is 4.77. The molecule has 3 N–H and O–H groups in total. The van der Waals surface area contributed by atoms with E-state index in [1.165, 1.54) is 25.0 Å². The second kappa shape index (κ2) is 2.48. The van der Waals surface area contributed by atoms with Crippen LogP contribution in [0.5, 0.6) is 0 Å². The number of thiocarbonyl (C=S) groups is 1. The van der Waals surface area contributed by atoms with Gasteiger partial charge in [0.2, 0.25) is 0 Å². The van der Waals surface area contributed by atoms with Crippen molar-refractivity contribution in [2.75, 3.05) is 0 Å². The van der Waals surface area contributed by atoms with E-state index < -0.39 is 0 Å². The Kier molecular flexibility index (Phi) is 1.60. The second-order valence-electron chi connectivity index (χ2n) is 3.38. The van der Waals surface area contributed by atoms with Crippen LogP contribution in [-0.4, -0.2) is 5.11 Å². The molecule has 3 heteroatoms. The smallest absolute Gasteiger partial charge is 0.167 e. The zero-order chi connectivity index (χ0) is 7.84. The summed E-state index contributed by atoms with van der Waals surface area (Å²) < 4.78 is 0. The largest absolute Gasteiger partial charge is 0.376 e. The number of nitrogens with two attached hydrogens (primary N) is 1. The summed E-state index contributed by atoms with van der Waals surface area (Å²) in [6.45, 7) is 0. The van der Waals surface area contributed by atoms with Gasteiger partial charge in [0.05, 0.1) is 0 Å². The van der Waals surface area contributed by atoms with Crippen LogP contribution in [0.3, 0.4) is 0 Å². The lowest BCUT2D eigenvalue weighted by molar-refractivity contribution is 0.632. The molecule has 0 amide bonds. The minimum absolute atomic E-state index is 0.406. The lowest BCUT2D eigenvalue weighted by Gasteiger charge is -2.13. The highest BCUT2D eigenvalue weighted by Crippen LogP contribution is 2.42. The van der Waals surface area contributed by atoms with Crippen molar-refractivity contribution in [3.05, 3.63) is 11.8 Å². The maximum atomic E-state index is 5.38. The Morgan fingerprint density at radius 3 is 2.91 bits per heavy atom. The number of hydrogen-bond donors (Lipinski definition) is 2. The van der Waals surface area contributed by atoms with Gasteiger partial charge in [-0.1, -0.05) is 6.08 Å². The lowest BCUT2D eigenvalue weighted by Crippen LogP contribution is -2.30. The summed E-state index contributed by atoms with van der Waals surface area (Å²) in [5, 5.41) is 3.45. The van der Waals surface area contributed by atoms with Gasteiger partial charge in [-0.3, -0.25) is 0 Å². The first-order valence-corrected chi connectivity index (χ1v) is 4.44. The average molecular weight is 168 g/mol. The summed E-state index contributed by atoms with van der Waals surface area (Å²) in [5.41, 5.74) is 6.66. The Morgan fingerprint density at radius 1 is 1.64 bits per heavy atom. The molecule has 2 aliphatic rings. The molecular formula is C8H12N2S. The molecule has 0 heterocycles. The Hall–Kier alpha value is -0.570. The van der Waals surface area contributed by atoms with E-state index in [9.17, 15) is 0 Å². The molecule has 11 heavy (non-hydrogen) atoms. The van der Waals surface area contributed by atoms with Crippen molar-refractivity contribution in [3.8, 4) is 0 Å². The minimum Gasteiger partial charge on any atom is -0.376 e. The van der Waals surface area contributed by atoms with Gasteiger partial charge in [0.15, 0.2) is 5.11 Å². The van der Waals surface area contributed by atoms with Crippen molar-refractivity contribution in [1.82, 2.24) is 5.32 Å². The fraction of sp³-hybridized carbons (Fsp3) is 0.625. The van der Waals surface area contributed by atoms with Gasteiger partial charge in [-0.2, -0.15) is 0 Å². The van der Waals surface area contributed by atoms with Crippen molar-refractivity contribution in [3.63, 3.8) is 0 Å². The second-order valence-corrected chi connectivity index (χ2v) is 3.82. The topological polar surface area (TPSA) is 38.0 Å². The first kappa shape index (κ1) is 7.10. The Balaban J connectivity index is 2.05. The summed E-state index contributed by atoms with van der Waals surface area (Å²) in [7, 11) is 0. The molecule has 0 unspecified atom stereocenters. The van der Waals surface area contributed by atoms with Gasteiger partial charge in [-0.25, -0.2) is 0 Å². The van der Waals surface area contributed by atoms with Gasteiger partial charge in [-0.05, 0) is 43.3 Å². The molecule has 2 bridgehead atoms. The summed E-state index contributed by atoms with van der Waals surface area (Å²) in [6.07, 6.45) is 6.26. The maximum Gasteiger partial charge on any atom is 0.167 e. The van der Waals surface area contributed by atoms with Crippen LogP contribution in [0, 0.1) is 11.8 Å². The number of fused-ring (bicyclic) bond motifs is 2. The number of nitrogens with one attached hydrogen (secondary N) is 1. The van der Waals surface area contributed by atoms with Crippen LogP contribution in [0.25, 0.3) is 0 Å². The minimum atomic E-state index is 0.406. The van der Waals surface area contributed by atoms with Crippen LogP contribution in [-0.2, 0) is 0 Å². The Labute approximate surface area is 71.8 Å². The predicted octanol–water partition coefficient (Wildman–Crippen LogP) is 1.13. The van der Waals surface area contributed by atoms with E-state index >= 15 is 0 Å². The van der Waals surface area contributed by atoms with Crippen molar-refractivity contribution in [2.24, 2.45) is 17.6 Å². The van der Waals surface area contributed by atoms with Crippen molar-refractivity contribution in [1.29, 1.82) is 0 Å². The van der Waals surface area contributed by atoms with Crippen LogP contribution < -0.4 is 11.1 Å². The lowest BCUT2D eigenvalue weighted by atomic mass is 10.0. The van der Waals surface area contributed by atoms with Crippen LogP contribution >= 0.6 is 12.2 Å². The van der Waals surface area contributed by atoms with Gasteiger partial charge in [0, 0.05) is 5.70 Å². The summed E-state index contributed by atoms with van der Waals surface area (Å²) in [6, 6.07) is 0. The first-order chi connectivity index (χ1) is 5.25. The van der Waals surface area contributed by atoms with E-state index in [2.05, 4.69) is 11.4 Å². The SMILES string of the molecule is NC(=S)NC1=C[C@H]2CC[C@H]1C2. The Bertz CT molecular complexity index is 222. The van der Waals surface area contributed by atoms with Gasteiger partial charge in [0.1, 0.15) is 0 Å². The molecule has 1 fully saturated rings. The van der Waals surface area contributed by atoms with Gasteiger partial charge in [0.25, 0.3) is 0 Å². The Morgan fingerprint density at radius 2 is 2.45 bits per heavy atom. The van der Waals surface area contributed by atoms with Crippen LogP contribution in [0.2, 0.25) is 0 Å². The molecule has 2 aliphatic carbocycles. The monoisotopic (exact) mass is 168 g/mol. The van der Waals surface area contributed by atoms with Crippen LogP contribution in [0.4, 0.5) is 0 Å². The molecule has 2 nitrogen and oxygen atoms in total. The van der Waals surface area contributed by atoms with Gasteiger partial charge < -0.3 is 11.1 Å². The normalized spacial score (nSPS) is 33.6. The number of hydrogen-bond acceptors (Lipinski definition) is 1. The highest BCUT2D eigenvalue weighted by molar-refractivity contribution is 7.80. The third-order valence-electron chi connectivity index (χ3n) is 2.60. The molecule has 0 radical (unpaired) electrons. The van der Waals surface area contributed by atoms with Crippen molar-refractivity contribution in [2.45, 2.75) is 19.3 Å². The van der Waals surface area contributed by atoms with Crippen LogP contribution in [0.1, 0.15) is 19.3 Å². The third kappa shape index (κ3) is 1.25. The first-order valence-electron chi connectivity index (χ1n) is 4.04. The maximum absolute atomic E-state index is 5.38. The molecule has 2 atom stereocenters. The fourth-order valence-electron chi connectivity index (χ4n) is 2.13. The van der Waals surface area contributed by atoms with E-state index in [1.54, 1.807) is 0 Å². The van der Waals surface area contributed by atoms with E-state index in [0.717, 1.165) is 11.8 Å². The quantitative estimate of drug-likeness (QED) is 0.576. The molecule has 0 aliphatic heterocycles. The summed E-state index contributed by atoms with van der Waals surface area (Å²) in [4.78, 5) is 0. The third-order valence-corrected chi connectivity index (χ3v) is 2.70. The molecular weight excluding hydrogens is 156 g/mol. The zero-order valence-electron chi connectivity index (χ0n) is 6.34. The fourth-order valence-corrected chi connectivity index (χ4v) is 2.24. The molecule has 60 valence electrons. The van der Waals surface area contributed by atoms with E-state index in [0.29, 0.717) is 5.11 Å². The highest BCUT2D eigenvalue weighted by Gasteiger charge is 2.32. The molecule has 1 saturated carbocycles. The standard InChI is InChI=1S/C8H12N2S/c9-8(11)10-7-4-5-1-2-6(7)3-5/h4-6H,1-3H2,(H3,9,10,11)/t5-,6-/m0/s1. The van der Waals surface area contributed by atoms with Gasteiger partial charge >= 0.3 is 0 Å². The zero-order valence-corrected chi connectivity index (χ0v) is 7.16. The van der Waals surface area contributed by atoms with Crippen LogP contribution in [0.15, 0.2) is 11.8 Å². The average Bonchev–Trinajstić information content (AvgIpc) is 2.45. The van der Waals surface area contributed by atoms with E-state index in [-0.39, 0.29) is 0 Å². The molecule has 0 aromatic rings. The van der Waals surface area contributed by atoms with Gasteiger partial charge in [-0.15, -0.1) is 0 Å². The molecule has 0 aromatic heterocycles. The van der Waals surface area contributed by atoms with Crippen molar-refractivity contribution >= 4 is 17.3 Å². The predicted molar refractivity (Wildman–Crippen MR) is 48.8 cm³/mol. The molecule has 0 spiro atoms. The number of rotatable bonds is 1.